The van der Waals surface area contributed by atoms with Crippen LogP contribution < -0.4 is 10.6 Å². The minimum absolute atomic E-state index is 0.463. The Hall–Kier alpha value is -0.120. The highest BCUT2D eigenvalue weighted by atomic mass is 16.5. The summed E-state index contributed by atoms with van der Waals surface area (Å²) in [5.74, 6) is 0.741. The van der Waals surface area contributed by atoms with Crippen molar-refractivity contribution in [1.29, 1.82) is 0 Å². The molecule has 12 heavy (non-hydrogen) atoms. The van der Waals surface area contributed by atoms with Crippen LogP contribution in [0.15, 0.2) is 0 Å². The summed E-state index contributed by atoms with van der Waals surface area (Å²) in [5.41, 5.74) is 0. The lowest BCUT2D eigenvalue weighted by molar-refractivity contribution is 0.104. The fourth-order valence-electron chi connectivity index (χ4n) is 1.80. The normalized spacial score (nSPS) is 36.8. The van der Waals surface area contributed by atoms with E-state index in [0.717, 1.165) is 38.2 Å². The van der Waals surface area contributed by atoms with Crippen molar-refractivity contribution in [3.05, 3.63) is 0 Å². The third-order valence-electron chi connectivity index (χ3n) is 2.98. The largest absolute Gasteiger partial charge is 0.378 e. The van der Waals surface area contributed by atoms with Gasteiger partial charge in [0.1, 0.15) is 0 Å². The van der Waals surface area contributed by atoms with Crippen LogP contribution in [0.5, 0.6) is 0 Å². The zero-order valence-electron chi connectivity index (χ0n) is 7.68. The van der Waals surface area contributed by atoms with E-state index in [4.69, 9.17) is 4.74 Å². The number of rotatable bonds is 3. The molecule has 0 spiro atoms. The molecule has 0 aromatic carbocycles. The van der Waals surface area contributed by atoms with E-state index in [-0.39, 0.29) is 0 Å². The average molecular weight is 170 g/mol. The lowest BCUT2D eigenvalue weighted by Crippen LogP contribution is -2.56. The van der Waals surface area contributed by atoms with Gasteiger partial charge in [-0.15, -0.1) is 0 Å². The molecule has 2 aliphatic rings. The molecule has 2 rings (SSSR count). The van der Waals surface area contributed by atoms with Crippen molar-refractivity contribution in [2.75, 3.05) is 26.2 Å². The summed E-state index contributed by atoms with van der Waals surface area (Å²) >= 11 is 0. The molecule has 2 aliphatic heterocycles. The number of hydrogen-bond donors (Lipinski definition) is 2. The molecule has 3 heteroatoms. The second-order valence-corrected chi connectivity index (χ2v) is 3.89. The molecule has 2 N–H and O–H groups in total. The number of nitrogens with one attached hydrogen (secondary N) is 2. The van der Waals surface area contributed by atoms with Crippen LogP contribution in [0.4, 0.5) is 0 Å². The first-order valence-corrected chi connectivity index (χ1v) is 4.92. The van der Waals surface area contributed by atoms with Gasteiger partial charge in [-0.1, -0.05) is 0 Å². The molecule has 0 bridgehead atoms. The van der Waals surface area contributed by atoms with Gasteiger partial charge < -0.3 is 15.4 Å². The third-order valence-corrected chi connectivity index (χ3v) is 2.98. The van der Waals surface area contributed by atoms with Crippen LogP contribution in [0.3, 0.4) is 0 Å². The summed E-state index contributed by atoms with van der Waals surface area (Å²) in [6, 6.07) is 0.720. The quantitative estimate of drug-likeness (QED) is 0.624. The maximum Gasteiger partial charge on any atom is 0.0588 e. The van der Waals surface area contributed by atoms with Crippen molar-refractivity contribution in [2.45, 2.75) is 25.5 Å². The van der Waals surface area contributed by atoms with Crippen LogP contribution in [-0.2, 0) is 4.74 Å². The number of ether oxygens (including phenoxy) is 1. The highest BCUT2D eigenvalue weighted by Gasteiger charge is 2.25. The van der Waals surface area contributed by atoms with E-state index in [1.165, 1.54) is 6.42 Å². The molecule has 2 unspecified atom stereocenters. The van der Waals surface area contributed by atoms with Crippen LogP contribution in [0.1, 0.15) is 13.3 Å². The molecular formula is C9H18N2O. The summed E-state index contributed by atoms with van der Waals surface area (Å²) in [6.07, 6.45) is 1.69. The van der Waals surface area contributed by atoms with E-state index in [9.17, 15) is 0 Å². The van der Waals surface area contributed by atoms with Crippen LogP contribution in [-0.4, -0.2) is 38.4 Å². The maximum absolute atomic E-state index is 5.49. The van der Waals surface area contributed by atoms with Gasteiger partial charge in [-0.2, -0.15) is 0 Å². The fraction of sp³-hybridized carbons (Fsp3) is 1.00. The summed E-state index contributed by atoms with van der Waals surface area (Å²) < 4.78 is 5.49. The van der Waals surface area contributed by atoms with Gasteiger partial charge >= 0.3 is 0 Å². The Bertz CT molecular complexity index is 147. The molecule has 0 aromatic rings. The first-order chi connectivity index (χ1) is 5.86. The first kappa shape index (κ1) is 8.48. The van der Waals surface area contributed by atoms with Crippen LogP contribution >= 0.6 is 0 Å². The molecule has 3 nitrogen and oxygen atoms in total. The second-order valence-electron chi connectivity index (χ2n) is 3.89. The molecule has 2 atom stereocenters. The molecule has 2 heterocycles. The summed E-state index contributed by atoms with van der Waals surface area (Å²) in [5, 5.41) is 6.80. The lowest BCUT2D eigenvalue weighted by Gasteiger charge is -2.29. The summed E-state index contributed by atoms with van der Waals surface area (Å²) in [7, 11) is 0. The van der Waals surface area contributed by atoms with Crippen LogP contribution in [0.25, 0.3) is 0 Å². The van der Waals surface area contributed by atoms with Gasteiger partial charge in [0.25, 0.3) is 0 Å². The van der Waals surface area contributed by atoms with E-state index in [1.54, 1.807) is 0 Å². The average Bonchev–Trinajstić information content (AvgIpc) is 2.33. The fourth-order valence-corrected chi connectivity index (χ4v) is 1.80. The van der Waals surface area contributed by atoms with E-state index >= 15 is 0 Å². The van der Waals surface area contributed by atoms with Crippen molar-refractivity contribution in [1.82, 2.24) is 10.6 Å². The molecule has 2 fully saturated rings. The Morgan fingerprint density at radius 2 is 2.33 bits per heavy atom. The van der Waals surface area contributed by atoms with Crippen LogP contribution in [0, 0.1) is 5.92 Å². The highest BCUT2D eigenvalue weighted by molar-refractivity contribution is 4.84. The van der Waals surface area contributed by atoms with E-state index in [2.05, 4.69) is 17.6 Å². The van der Waals surface area contributed by atoms with Gasteiger partial charge in [-0.3, -0.25) is 0 Å². The molecule has 70 valence electrons. The van der Waals surface area contributed by atoms with E-state index < -0.39 is 0 Å². The smallest absolute Gasteiger partial charge is 0.0588 e. The Morgan fingerprint density at radius 3 is 2.83 bits per heavy atom. The zero-order chi connectivity index (χ0) is 8.39. The SMILES string of the molecule is CC1OCCC1CNC1CNC1. The minimum atomic E-state index is 0.463. The van der Waals surface area contributed by atoms with Crippen LogP contribution in [0.2, 0.25) is 0 Å². The van der Waals surface area contributed by atoms with Crippen molar-refractivity contribution in [3.8, 4) is 0 Å². The molecule has 0 saturated carbocycles. The monoisotopic (exact) mass is 170 g/mol. The Balaban J connectivity index is 1.64. The van der Waals surface area contributed by atoms with E-state index in [1.807, 2.05) is 0 Å². The van der Waals surface area contributed by atoms with Crippen molar-refractivity contribution in [2.24, 2.45) is 5.92 Å². The Morgan fingerprint density at radius 1 is 1.50 bits per heavy atom. The standard InChI is InChI=1S/C9H18N2O/c1-7-8(2-3-12-7)4-11-9-5-10-6-9/h7-11H,2-6H2,1H3. The maximum atomic E-state index is 5.49. The van der Waals surface area contributed by atoms with Gasteiger partial charge in [0.2, 0.25) is 0 Å². The van der Waals surface area contributed by atoms with Crippen molar-refractivity contribution < 1.29 is 4.74 Å². The summed E-state index contributed by atoms with van der Waals surface area (Å²) in [4.78, 5) is 0. The second kappa shape index (κ2) is 3.73. The predicted octanol–water partition coefficient (Wildman–Crippen LogP) is -0.0272. The Labute approximate surface area is 73.9 Å². The Kier molecular flexibility index (Phi) is 2.63. The molecular weight excluding hydrogens is 152 g/mol. The molecule has 0 aliphatic carbocycles. The van der Waals surface area contributed by atoms with Gasteiger partial charge in [-0.25, -0.2) is 0 Å². The highest BCUT2D eigenvalue weighted by Crippen LogP contribution is 2.19. The van der Waals surface area contributed by atoms with Gasteiger partial charge in [0.15, 0.2) is 0 Å². The molecule has 0 aromatic heterocycles. The molecule has 2 saturated heterocycles. The topological polar surface area (TPSA) is 33.3 Å². The van der Waals surface area contributed by atoms with Gasteiger partial charge in [-0.05, 0) is 19.3 Å². The zero-order valence-corrected chi connectivity index (χ0v) is 7.68. The minimum Gasteiger partial charge on any atom is -0.378 e. The predicted molar refractivity (Wildman–Crippen MR) is 48.2 cm³/mol. The third kappa shape index (κ3) is 1.79. The van der Waals surface area contributed by atoms with Gasteiger partial charge in [0.05, 0.1) is 6.10 Å². The lowest BCUT2D eigenvalue weighted by atomic mass is 10.0. The van der Waals surface area contributed by atoms with E-state index in [0.29, 0.717) is 6.10 Å². The van der Waals surface area contributed by atoms with Crippen molar-refractivity contribution >= 4 is 0 Å². The first-order valence-electron chi connectivity index (χ1n) is 4.92. The number of hydrogen-bond acceptors (Lipinski definition) is 3. The molecule has 0 radical (unpaired) electrons. The molecule has 0 amide bonds. The van der Waals surface area contributed by atoms with Gasteiger partial charge in [0, 0.05) is 32.3 Å². The summed E-state index contributed by atoms with van der Waals surface area (Å²) in [6.45, 7) is 6.55. The van der Waals surface area contributed by atoms with Crippen molar-refractivity contribution in [3.63, 3.8) is 0 Å².